The molecule has 0 radical (unpaired) electrons. The van der Waals surface area contributed by atoms with Gasteiger partial charge in [0.1, 0.15) is 5.76 Å². The van der Waals surface area contributed by atoms with Crippen LogP contribution >= 0.6 is 11.6 Å². The number of nitrogens with two attached hydrogens (primary N) is 1. The molecule has 146 valence electrons. The topological polar surface area (TPSA) is 73.3 Å². The summed E-state index contributed by atoms with van der Waals surface area (Å²) in [4.78, 5) is 25.0. The Morgan fingerprint density at radius 2 is 1.86 bits per heavy atom. The molecule has 0 spiro atoms. The number of rotatable bonds is 5. The van der Waals surface area contributed by atoms with Crippen molar-refractivity contribution < 1.29 is 14.0 Å². The molecule has 1 aromatic carbocycles. The van der Waals surface area contributed by atoms with Crippen LogP contribution in [0.25, 0.3) is 11.3 Å². The zero-order valence-electron chi connectivity index (χ0n) is 15.7. The number of carbonyl (C=O) groups is 2. The average Bonchev–Trinajstić information content (AvgIpc) is 3.14. The van der Waals surface area contributed by atoms with E-state index in [2.05, 4.69) is 0 Å². The fourth-order valence-electron chi connectivity index (χ4n) is 6.36. The second-order valence-corrected chi connectivity index (χ2v) is 9.52. The summed E-state index contributed by atoms with van der Waals surface area (Å²) in [7, 11) is 0. The van der Waals surface area contributed by atoms with E-state index in [1.165, 1.54) is 0 Å². The second-order valence-electron chi connectivity index (χ2n) is 9.08. The first-order valence-corrected chi connectivity index (χ1v) is 10.5. The van der Waals surface area contributed by atoms with Crippen LogP contribution in [0.4, 0.5) is 0 Å². The maximum atomic E-state index is 13.0. The van der Waals surface area contributed by atoms with Crippen LogP contribution in [0, 0.1) is 29.1 Å². The van der Waals surface area contributed by atoms with Crippen LogP contribution in [0.1, 0.15) is 49.1 Å². The number of Topliss-reactive ketones (excluding diaryl/α,β-unsaturated/α-hetero) is 1. The Labute approximate surface area is 169 Å². The molecule has 4 aliphatic carbocycles. The molecule has 28 heavy (non-hydrogen) atoms. The third-order valence-corrected chi connectivity index (χ3v) is 7.64. The Balaban J connectivity index is 1.33. The molecule has 2 atom stereocenters. The molecule has 1 aromatic heterocycles. The molecule has 0 aliphatic heterocycles. The highest BCUT2D eigenvalue weighted by Gasteiger charge is 2.57. The lowest BCUT2D eigenvalue weighted by molar-refractivity contribution is -0.149. The van der Waals surface area contributed by atoms with Crippen LogP contribution in [-0.4, -0.2) is 11.7 Å². The summed E-state index contributed by atoms with van der Waals surface area (Å²) in [5.41, 5.74) is 6.33. The first-order valence-electron chi connectivity index (χ1n) is 10.1. The van der Waals surface area contributed by atoms with E-state index in [-0.39, 0.29) is 17.1 Å². The van der Waals surface area contributed by atoms with E-state index in [0.717, 1.165) is 37.7 Å². The molecule has 5 heteroatoms. The molecule has 0 saturated heterocycles. The van der Waals surface area contributed by atoms with Gasteiger partial charge in [0.2, 0.25) is 5.91 Å². The molecule has 4 bridgehead atoms. The summed E-state index contributed by atoms with van der Waals surface area (Å²) in [6.45, 7) is 0. The van der Waals surface area contributed by atoms with E-state index in [1.807, 2.05) is 30.3 Å². The van der Waals surface area contributed by atoms with Gasteiger partial charge in [-0.15, -0.1) is 0 Å². The minimum atomic E-state index is -0.305. The van der Waals surface area contributed by atoms with Crippen molar-refractivity contribution in [3.63, 3.8) is 0 Å². The van der Waals surface area contributed by atoms with Gasteiger partial charge < -0.3 is 10.2 Å². The van der Waals surface area contributed by atoms with E-state index in [4.69, 9.17) is 21.8 Å². The highest BCUT2D eigenvalue weighted by atomic mass is 35.5. The number of ketones is 1. The number of furan rings is 1. The SMILES string of the molecule is NC(=O)C12CC3CC(C1)C(CC(=O)c1ccc(-c4cccc(Cl)c4)o1)C(C3)C2. The lowest BCUT2D eigenvalue weighted by Gasteiger charge is -2.58. The number of amides is 1. The second kappa shape index (κ2) is 6.48. The van der Waals surface area contributed by atoms with Gasteiger partial charge in [0.25, 0.3) is 0 Å². The van der Waals surface area contributed by atoms with Gasteiger partial charge in [-0.1, -0.05) is 23.7 Å². The molecule has 6 rings (SSSR count). The minimum Gasteiger partial charge on any atom is -0.453 e. The quantitative estimate of drug-likeness (QED) is 0.713. The zero-order valence-corrected chi connectivity index (χ0v) is 16.5. The van der Waals surface area contributed by atoms with E-state index in [0.29, 0.717) is 46.6 Å². The molecule has 2 aromatic rings. The molecular weight excluding hydrogens is 374 g/mol. The van der Waals surface area contributed by atoms with Crippen LogP contribution in [-0.2, 0) is 4.79 Å². The summed E-state index contributed by atoms with van der Waals surface area (Å²) < 4.78 is 5.86. The molecule has 1 heterocycles. The number of hydrogen-bond donors (Lipinski definition) is 1. The van der Waals surface area contributed by atoms with Gasteiger partial charge in [-0.3, -0.25) is 9.59 Å². The zero-order chi connectivity index (χ0) is 19.5. The fourth-order valence-corrected chi connectivity index (χ4v) is 6.55. The maximum absolute atomic E-state index is 13.0. The number of hydrogen-bond acceptors (Lipinski definition) is 3. The monoisotopic (exact) mass is 397 g/mol. The van der Waals surface area contributed by atoms with Crippen LogP contribution in [0.15, 0.2) is 40.8 Å². The van der Waals surface area contributed by atoms with Gasteiger partial charge in [-0.25, -0.2) is 0 Å². The smallest absolute Gasteiger partial charge is 0.223 e. The Morgan fingerprint density at radius 1 is 1.11 bits per heavy atom. The van der Waals surface area contributed by atoms with Crippen LogP contribution in [0.3, 0.4) is 0 Å². The van der Waals surface area contributed by atoms with E-state index in [1.54, 1.807) is 6.07 Å². The van der Waals surface area contributed by atoms with Gasteiger partial charge in [0, 0.05) is 22.4 Å². The molecule has 2 N–H and O–H groups in total. The largest absolute Gasteiger partial charge is 0.453 e. The molecule has 1 amide bonds. The molecule has 4 saturated carbocycles. The Morgan fingerprint density at radius 3 is 2.54 bits per heavy atom. The van der Waals surface area contributed by atoms with Crippen LogP contribution in [0.2, 0.25) is 5.02 Å². The summed E-state index contributed by atoms with van der Waals surface area (Å²) in [5, 5.41) is 0.638. The predicted octanol–water partition coefficient (Wildman–Crippen LogP) is 5.10. The van der Waals surface area contributed by atoms with E-state index in [9.17, 15) is 9.59 Å². The minimum absolute atomic E-state index is 0.0545. The first kappa shape index (κ1) is 18.0. The summed E-state index contributed by atoms with van der Waals surface area (Å²) in [6.07, 6.45) is 5.44. The van der Waals surface area contributed by atoms with Crippen molar-refractivity contribution in [2.24, 2.45) is 34.8 Å². The molecule has 4 fully saturated rings. The first-order chi connectivity index (χ1) is 13.4. The number of halogens is 1. The van der Waals surface area contributed by atoms with Crippen molar-refractivity contribution in [3.8, 4) is 11.3 Å². The number of carbonyl (C=O) groups excluding carboxylic acids is 2. The van der Waals surface area contributed by atoms with Crippen molar-refractivity contribution in [2.45, 2.75) is 38.5 Å². The maximum Gasteiger partial charge on any atom is 0.223 e. The van der Waals surface area contributed by atoms with Crippen LogP contribution < -0.4 is 5.73 Å². The summed E-state index contributed by atoms with van der Waals surface area (Å²) in [6, 6.07) is 11.0. The lowest BCUT2D eigenvalue weighted by atomic mass is 9.45. The summed E-state index contributed by atoms with van der Waals surface area (Å²) in [5.74, 6) is 2.81. The highest BCUT2D eigenvalue weighted by Crippen LogP contribution is 2.62. The normalized spacial score (nSPS) is 33.2. The van der Waals surface area contributed by atoms with Crippen molar-refractivity contribution in [2.75, 3.05) is 0 Å². The molecular formula is C23H24ClNO3. The van der Waals surface area contributed by atoms with Gasteiger partial charge in [-0.05, 0) is 80.0 Å². The van der Waals surface area contributed by atoms with Gasteiger partial charge in [0.15, 0.2) is 11.5 Å². The van der Waals surface area contributed by atoms with Crippen LogP contribution in [0.5, 0.6) is 0 Å². The van der Waals surface area contributed by atoms with E-state index < -0.39 is 0 Å². The fraction of sp³-hybridized carbons (Fsp3) is 0.478. The third kappa shape index (κ3) is 2.89. The Kier molecular flexibility index (Phi) is 4.16. The van der Waals surface area contributed by atoms with Gasteiger partial charge >= 0.3 is 0 Å². The average molecular weight is 398 g/mol. The summed E-state index contributed by atoms with van der Waals surface area (Å²) >= 11 is 6.05. The van der Waals surface area contributed by atoms with Gasteiger partial charge in [0.05, 0.1) is 0 Å². The van der Waals surface area contributed by atoms with Crippen molar-refractivity contribution >= 4 is 23.3 Å². The van der Waals surface area contributed by atoms with Gasteiger partial charge in [-0.2, -0.15) is 0 Å². The molecule has 2 unspecified atom stereocenters. The standard InChI is InChI=1S/C23H24ClNO3/c24-17-3-1-2-14(8-17)20-4-5-21(28-20)19(26)9-18-15-6-13-7-16(18)12-23(10-13,11-15)22(25)27/h1-5,8,13,15-16,18H,6-7,9-12H2,(H2,25,27). The Bertz CT molecular complexity index is 933. The predicted molar refractivity (Wildman–Crippen MR) is 107 cm³/mol. The number of benzene rings is 1. The molecule has 4 nitrogen and oxygen atoms in total. The third-order valence-electron chi connectivity index (χ3n) is 7.40. The van der Waals surface area contributed by atoms with E-state index >= 15 is 0 Å². The molecule has 4 aliphatic rings. The number of primary amides is 1. The lowest BCUT2D eigenvalue weighted by Crippen LogP contribution is -2.56. The Hall–Kier alpha value is -2.07. The van der Waals surface area contributed by atoms with Crippen molar-refractivity contribution in [1.82, 2.24) is 0 Å². The highest BCUT2D eigenvalue weighted by molar-refractivity contribution is 6.30. The van der Waals surface area contributed by atoms with Crippen molar-refractivity contribution in [1.29, 1.82) is 0 Å². The van der Waals surface area contributed by atoms with Crippen molar-refractivity contribution in [3.05, 3.63) is 47.2 Å².